The number of carbonyl (C=O) groups excluding carboxylic acids is 1. The Bertz CT molecular complexity index is 943. The number of hydrogen-bond donors (Lipinski definition) is 1. The fourth-order valence-electron chi connectivity index (χ4n) is 1.98. The lowest BCUT2D eigenvalue weighted by atomic mass is 10.1. The van der Waals surface area contributed by atoms with Gasteiger partial charge in [0.1, 0.15) is 4.90 Å². The highest BCUT2D eigenvalue weighted by Crippen LogP contribution is 2.28. The first-order valence-corrected chi connectivity index (χ1v) is 9.64. The molecule has 1 amide bonds. The number of benzene rings is 1. The molecule has 0 spiro atoms. The van der Waals surface area contributed by atoms with Crippen LogP contribution in [0.25, 0.3) is 0 Å². The van der Waals surface area contributed by atoms with Crippen LogP contribution in [-0.2, 0) is 15.8 Å². The molecular weight excluding hydrogens is 380 g/mol. The second-order valence-corrected chi connectivity index (χ2v) is 8.52. The molecule has 1 heterocycles. The van der Waals surface area contributed by atoms with Gasteiger partial charge in [0.15, 0.2) is 0 Å². The number of primary amides is 1. The van der Waals surface area contributed by atoms with E-state index in [0.717, 1.165) is 10.4 Å². The Morgan fingerprint density at radius 1 is 1.31 bits per heavy atom. The SMILES string of the molecule is CN(C)S(=O)(=O)c1ccc(SCc2ccc(C(N)=O)cc2[N+](=O)[O-])nc1. The Morgan fingerprint density at radius 2 is 2.00 bits per heavy atom. The van der Waals surface area contributed by atoms with E-state index in [1.54, 1.807) is 0 Å². The van der Waals surface area contributed by atoms with Crippen molar-refractivity contribution in [3.8, 4) is 0 Å². The number of rotatable bonds is 7. The van der Waals surface area contributed by atoms with Gasteiger partial charge < -0.3 is 5.73 Å². The highest BCUT2D eigenvalue weighted by atomic mass is 32.2. The normalized spacial score (nSPS) is 11.5. The van der Waals surface area contributed by atoms with E-state index in [9.17, 15) is 23.3 Å². The fraction of sp³-hybridized carbons (Fsp3) is 0.200. The molecule has 2 aromatic rings. The Hall–Kier alpha value is -2.50. The van der Waals surface area contributed by atoms with Gasteiger partial charge in [-0.15, -0.1) is 11.8 Å². The maximum atomic E-state index is 12.0. The summed E-state index contributed by atoms with van der Waals surface area (Å²) in [6, 6.07) is 6.99. The zero-order chi connectivity index (χ0) is 19.5. The van der Waals surface area contributed by atoms with Crippen molar-refractivity contribution >= 4 is 33.4 Å². The second kappa shape index (κ2) is 7.81. The molecule has 9 nitrogen and oxygen atoms in total. The summed E-state index contributed by atoms with van der Waals surface area (Å²) >= 11 is 1.21. The number of pyridine rings is 1. The molecular formula is C15H16N4O5S2. The average Bonchev–Trinajstić information content (AvgIpc) is 2.59. The second-order valence-electron chi connectivity index (χ2n) is 5.37. The van der Waals surface area contributed by atoms with Crippen molar-refractivity contribution in [2.75, 3.05) is 14.1 Å². The maximum Gasteiger partial charge on any atom is 0.274 e. The van der Waals surface area contributed by atoms with Gasteiger partial charge in [0.05, 0.1) is 9.95 Å². The van der Waals surface area contributed by atoms with Crippen molar-refractivity contribution in [2.24, 2.45) is 5.73 Å². The standard InChI is InChI=1S/C15H16N4O5S2/c1-18(2)26(23,24)12-5-6-14(17-8-12)25-9-11-4-3-10(15(16)20)7-13(11)19(21)22/h3-8H,9H2,1-2H3,(H2,16,20). The van der Waals surface area contributed by atoms with E-state index in [0.29, 0.717) is 10.6 Å². The molecule has 0 atom stereocenters. The summed E-state index contributed by atoms with van der Waals surface area (Å²) in [5.74, 6) is -0.519. The van der Waals surface area contributed by atoms with Crippen LogP contribution in [-0.4, -0.2) is 42.6 Å². The van der Waals surface area contributed by atoms with E-state index in [1.165, 1.54) is 56.3 Å². The number of nitrogens with two attached hydrogens (primary N) is 1. The van der Waals surface area contributed by atoms with Gasteiger partial charge in [-0.3, -0.25) is 14.9 Å². The third-order valence-corrected chi connectivity index (χ3v) is 6.22. The number of sulfonamides is 1. The lowest BCUT2D eigenvalue weighted by Crippen LogP contribution is -2.22. The molecule has 0 saturated heterocycles. The van der Waals surface area contributed by atoms with E-state index in [2.05, 4.69) is 4.98 Å². The topological polar surface area (TPSA) is 136 Å². The van der Waals surface area contributed by atoms with E-state index in [1.807, 2.05) is 0 Å². The first-order valence-electron chi connectivity index (χ1n) is 7.21. The van der Waals surface area contributed by atoms with Crippen molar-refractivity contribution in [1.82, 2.24) is 9.29 Å². The van der Waals surface area contributed by atoms with E-state index in [4.69, 9.17) is 5.73 Å². The predicted octanol–water partition coefficient (Wildman–Crippen LogP) is 1.63. The monoisotopic (exact) mass is 396 g/mol. The van der Waals surface area contributed by atoms with Gasteiger partial charge in [-0.1, -0.05) is 6.07 Å². The number of amides is 1. The van der Waals surface area contributed by atoms with Crippen molar-refractivity contribution in [2.45, 2.75) is 15.7 Å². The first-order chi connectivity index (χ1) is 12.1. The minimum absolute atomic E-state index is 0.0572. The summed E-state index contributed by atoms with van der Waals surface area (Å²) in [5, 5.41) is 11.7. The number of thioether (sulfide) groups is 1. The van der Waals surface area contributed by atoms with Gasteiger partial charge >= 0.3 is 0 Å². The first kappa shape index (κ1) is 19.8. The number of nitro groups is 1. The molecule has 0 aliphatic rings. The van der Waals surface area contributed by atoms with Crippen LogP contribution in [0.1, 0.15) is 15.9 Å². The lowest BCUT2D eigenvalue weighted by molar-refractivity contribution is -0.385. The van der Waals surface area contributed by atoms with Gasteiger partial charge in [0.25, 0.3) is 5.69 Å². The summed E-state index contributed by atoms with van der Waals surface area (Å²) in [6.45, 7) is 0. The summed E-state index contributed by atoms with van der Waals surface area (Å²) in [7, 11) is -0.716. The zero-order valence-electron chi connectivity index (χ0n) is 13.9. The van der Waals surface area contributed by atoms with Crippen molar-refractivity contribution < 1.29 is 18.1 Å². The lowest BCUT2D eigenvalue weighted by Gasteiger charge is -2.11. The molecule has 0 saturated carbocycles. The Balaban J connectivity index is 2.19. The number of nitrogens with zero attached hydrogens (tertiary/aromatic N) is 3. The fourth-order valence-corrected chi connectivity index (χ4v) is 3.66. The number of aromatic nitrogens is 1. The largest absolute Gasteiger partial charge is 0.366 e. The van der Waals surface area contributed by atoms with Crippen LogP contribution in [0.4, 0.5) is 5.69 Å². The Kier molecular flexibility index (Phi) is 5.95. The number of carbonyl (C=O) groups is 1. The molecule has 0 radical (unpaired) electrons. The van der Waals surface area contributed by atoms with Crippen LogP contribution in [0.2, 0.25) is 0 Å². The molecule has 1 aromatic heterocycles. The molecule has 11 heteroatoms. The third kappa shape index (κ3) is 4.36. The molecule has 0 aliphatic heterocycles. The minimum atomic E-state index is -3.56. The summed E-state index contributed by atoms with van der Waals surface area (Å²) < 4.78 is 25.1. The quantitative estimate of drug-likeness (QED) is 0.426. The predicted molar refractivity (Wildman–Crippen MR) is 96.3 cm³/mol. The van der Waals surface area contributed by atoms with Crippen LogP contribution >= 0.6 is 11.8 Å². The van der Waals surface area contributed by atoms with Crippen LogP contribution in [0.3, 0.4) is 0 Å². The van der Waals surface area contributed by atoms with Gasteiger partial charge in [-0.05, 0) is 18.2 Å². The Labute approximate surface area is 154 Å². The molecule has 2 N–H and O–H groups in total. The minimum Gasteiger partial charge on any atom is -0.366 e. The summed E-state index contributed by atoms with van der Waals surface area (Å²) in [5.41, 5.74) is 5.39. The van der Waals surface area contributed by atoms with Crippen molar-refractivity contribution in [3.63, 3.8) is 0 Å². The summed E-state index contributed by atoms with van der Waals surface area (Å²) in [6.07, 6.45) is 1.24. The molecule has 26 heavy (non-hydrogen) atoms. The maximum absolute atomic E-state index is 12.0. The van der Waals surface area contributed by atoms with Gasteiger partial charge in [-0.25, -0.2) is 17.7 Å². The van der Waals surface area contributed by atoms with Crippen LogP contribution < -0.4 is 5.73 Å². The highest BCUT2D eigenvalue weighted by molar-refractivity contribution is 7.98. The zero-order valence-corrected chi connectivity index (χ0v) is 15.6. The molecule has 2 rings (SSSR count). The van der Waals surface area contributed by atoms with E-state index < -0.39 is 20.9 Å². The van der Waals surface area contributed by atoms with E-state index in [-0.39, 0.29) is 21.9 Å². The molecule has 1 aromatic carbocycles. The van der Waals surface area contributed by atoms with Crippen molar-refractivity contribution in [3.05, 3.63) is 57.8 Å². The van der Waals surface area contributed by atoms with Crippen LogP contribution in [0, 0.1) is 10.1 Å². The van der Waals surface area contributed by atoms with E-state index >= 15 is 0 Å². The van der Waals surface area contributed by atoms with Gasteiger partial charge in [-0.2, -0.15) is 0 Å². The van der Waals surface area contributed by atoms with Crippen LogP contribution in [0.15, 0.2) is 46.5 Å². The molecule has 0 bridgehead atoms. The van der Waals surface area contributed by atoms with Gasteiger partial charge in [0.2, 0.25) is 15.9 Å². The molecule has 0 fully saturated rings. The van der Waals surface area contributed by atoms with Crippen molar-refractivity contribution in [1.29, 1.82) is 0 Å². The highest BCUT2D eigenvalue weighted by Gasteiger charge is 2.19. The summed E-state index contributed by atoms with van der Waals surface area (Å²) in [4.78, 5) is 25.9. The smallest absolute Gasteiger partial charge is 0.274 e. The Morgan fingerprint density at radius 3 is 2.50 bits per heavy atom. The molecule has 138 valence electrons. The number of hydrogen-bond acceptors (Lipinski definition) is 7. The third-order valence-electron chi connectivity index (χ3n) is 3.43. The average molecular weight is 396 g/mol. The van der Waals surface area contributed by atoms with Crippen LogP contribution in [0.5, 0.6) is 0 Å². The molecule has 0 unspecified atom stereocenters. The molecule has 0 aliphatic carbocycles. The number of nitro benzene ring substituents is 1. The van der Waals surface area contributed by atoms with Gasteiger partial charge in [0, 0.05) is 43.2 Å².